The maximum Gasteiger partial charge on any atom is 0.242 e. The first kappa shape index (κ1) is 16.9. The molecule has 3 aliphatic rings. The fourth-order valence-electron chi connectivity index (χ4n) is 4.04. The van der Waals surface area contributed by atoms with Crippen molar-refractivity contribution in [2.45, 2.75) is 32.2 Å². The number of hydrogen-bond donors (Lipinski definition) is 0. The molecule has 2 fully saturated rings. The van der Waals surface area contributed by atoms with Crippen molar-refractivity contribution in [3.63, 3.8) is 0 Å². The summed E-state index contributed by atoms with van der Waals surface area (Å²) in [7, 11) is 1.67. The molecular formula is C19H22N2O5. The summed E-state index contributed by atoms with van der Waals surface area (Å²) in [5.74, 6) is 0.319. The van der Waals surface area contributed by atoms with Crippen LogP contribution in [0.25, 0.3) is 0 Å². The molecule has 1 saturated carbocycles. The highest BCUT2D eigenvalue weighted by molar-refractivity contribution is 6.07. The normalized spacial score (nSPS) is 24.0. The molecule has 0 aromatic heterocycles. The third-order valence-electron chi connectivity index (χ3n) is 5.51. The zero-order chi connectivity index (χ0) is 18.3. The molecule has 26 heavy (non-hydrogen) atoms. The van der Waals surface area contributed by atoms with Gasteiger partial charge in [-0.15, -0.1) is 0 Å². The molecule has 0 bridgehead atoms. The Morgan fingerprint density at radius 1 is 1.12 bits per heavy atom. The van der Waals surface area contributed by atoms with Gasteiger partial charge in [0.15, 0.2) is 11.5 Å². The molecule has 4 rings (SSSR count). The first-order valence-electron chi connectivity index (χ1n) is 9.02. The first-order chi connectivity index (χ1) is 12.5. The van der Waals surface area contributed by atoms with Gasteiger partial charge in [0.05, 0.1) is 11.8 Å². The lowest BCUT2D eigenvalue weighted by atomic mass is 9.81. The largest absolute Gasteiger partial charge is 0.454 e. The van der Waals surface area contributed by atoms with Gasteiger partial charge in [-0.3, -0.25) is 19.3 Å². The number of imide groups is 1. The molecular weight excluding hydrogens is 336 g/mol. The minimum absolute atomic E-state index is 0.175. The molecule has 1 saturated heterocycles. The van der Waals surface area contributed by atoms with Gasteiger partial charge in [0.25, 0.3) is 0 Å². The fraction of sp³-hybridized carbons (Fsp3) is 0.526. The molecule has 1 aromatic carbocycles. The molecule has 0 radical (unpaired) electrons. The van der Waals surface area contributed by atoms with Crippen LogP contribution in [0.2, 0.25) is 0 Å². The number of hydrogen-bond acceptors (Lipinski definition) is 5. The van der Waals surface area contributed by atoms with Crippen molar-refractivity contribution in [3.8, 4) is 11.5 Å². The number of carbonyl (C=O) groups is 3. The number of nitrogens with zero attached hydrogens (tertiary/aromatic N) is 2. The van der Waals surface area contributed by atoms with Crippen molar-refractivity contribution < 1.29 is 23.9 Å². The topological polar surface area (TPSA) is 76.2 Å². The van der Waals surface area contributed by atoms with Crippen molar-refractivity contribution in [2.75, 3.05) is 20.4 Å². The molecule has 2 heterocycles. The molecule has 2 atom stereocenters. The quantitative estimate of drug-likeness (QED) is 0.764. The van der Waals surface area contributed by atoms with Gasteiger partial charge in [-0.05, 0) is 30.5 Å². The van der Waals surface area contributed by atoms with E-state index in [0.29, 0.717) is 18.0 Å². The predicted octanol–water partition coefficient (Wildman–Crippen LogP) is 1.55. The number of fused-ring (bicyclic) bond motifs is 2. The average Bonchev–Trinajstić information content (AvgIpc) is 3.20. The van der Waals surface area contributed by atoms with E-state index in [2.05, 4.69) is 0 Å². The van der Waals surface area contributed by atoms with E-state index >= 15 is 0 Å². The Hall–Kier alpha value is -2.57. The molecule has 1 aromatic rings. The molecule has 3 amide bonds. The van der Waals surface area contributed by atoms with Gasteiger partial charge in [-0.1, -0.05) is 18.9 Å². The molecule has 7 heteroatoms. The van der Waals surface area contributed by atoms with Crippen molar-refractivity contribution in [1.82, 2.24) is 9.80 Å². The number of carbonyl (C=O) groups excluding carboxylic acids is 3. The van der Waals surface area contributed by atoms with Crippen LogP contribution in [-0.2, 0) is 20.9 Å². The van der Waals surface area contributed by atoms with Gasteiger partial charge in [0, 0.05) is 13.6 Å². The van der Waals surface area contributed by atoms with E-state index in [1.54, 1.807) is 7.05 Å². The number of likely N-dealkylation sites (tertiary alicyclic amines) is 1. The minimum atomic E-state index is -0.247. The van der Waals surface area contributed by atoms with Crippen LogP contribution in [0.4, 0.5) is 0 Å². The Morgan fingerprint density at radius 2 is 1.77 bits per heavy atom. The maximum absolute atomic E-state index is 12.6. The van der Waals surface area contributed by atoms with E-state index < -0.39 is 0 Å². The molecule has 0 N–H and O–H groups in total. The summed E-state index contributed by atoms with van der Waals surface area (Å²) in [6.45, 7) is 0.402. The number of benzene rings is 1. The molecule has 0 unspecified atom stereocenters. The second-order valence-electron chi connectivity index (χ2n) is 7.20. The van der Waals surface area contributed by atoms with Crippen molar-refractivity contribution >= 4 is 17.7 Å². The van der Waals surface area contributed by atoms with E-state index in [4.69, 9.17) is 9.47 Å². The van der Waals surface area contributed by atoms with Crippen LogP contribution in [-0.4, -0.2) is 47.9 Å². The second kappa shape index (κ2) is 6.63. The van der Waals surface area contributed by atoms with E-state index in [0.717, 1.165) is 31.2 Å². The molecule has 138 valence electrons. The lowest BCUT2D eigenvalue weighted by Crippen LogP contribution is -2.41. The highest BCUT2D eigenvalue weighted by atomic mass is 16.7. The number of rotatable bonds is 4. The second-order valence-corrected chi connectivity index (χ2v) is 7.20. The first-order valence-corrected chi connectivity index (χ1v) is 9.02. The van der Waals surface area contributed by atoms with Crippen LogP contribution >= 0.6 is 0 Å². The van der Waals surface area contributed by atoms with Gasteiger partial charge in [-0.2, -0.15) is 0 Å². The van der Waals surface area contributed by atoms with E-state index in [1.165, 1.54) is 9.80 Å². The highest BCUT2D eigenvalue weighted by Crippen LogP contribution is 2.38. The van der Waals surface area contributed by atoms with Crippen molar-refractivity contribution in [1.29, 1.82) is 0 Å². The Labute approximate surface area is 151 Å². The summed E-state index contributed by atoms with van der Waals surface area (Å²) in [6, 6.07) is 5.53. The van der Waals surface area contributed by atoms with Crippen molar-refractivity contribution in [2.24, 2.45) is 11.8 Å². The van der Waals surface area contributed by atoms with Crippen LogP contribution in [0.3, 0.4) is 0 Å². The molecule has 2 aliphatic heterocycles. The number of amides is 3. The van der Waals surface area contributed by atoms with Crippen LogP contribution in [0.1, 0.15) is 31.2 Å². The number of ether oxygens (including phenoxy) is 2. The van der Waals surface area contributed by atoms with Crippen LogP contribution in [0.15, 0.2) is 18.2 Å². The zero-order valence-corrected chi connectivity index (χ0v) is 14.8. The predicted molar refractivity (Wildman–Crippen MR) is 91.2 cm³/mol. The zero-order valence-electron chi connectivity index (χ0n) is 14.8. The smallest absolute Gasteiger partial charge is 0.242 e. The van der Waals surface area contributed by atoms with Gasteiger partial charge >= 0.3 is 0 Å². The highest BCUT2D eigenvalue weighted by Gasteiger charge is 2.48. The van der Waals surface area contributed by atoms with Gasteiger partial charge in [-0.25, -0.2) is 0 Å². The summed E-state index contributed by atoms with van der Waals surface area (Å²) in [5, 5.41) is 0. The third-order valence-corrected chi connectivity index (χ3v) is 5.51. The lowest BCUT2D eigenvalue weighted by Gasteiger charge is -2.21. The van der Waals surface area contributed by atoms with Crippen LogP contribution in [0, 0.1) is 11.8 Å². The van der Waals surface area contributed by atoms with Gasteiger partial charge in [0.1, 0.15) is 6.54 Å². The summed E-state index contributed by atoms with van der Waals surface area (Å²) in [4.78, 5) is 40.2. The van der Waals surface area contributed by atoms with E-state index in [9.17, 15) is 14.4 Å². The van der Waals surface area contributed by atoms with Gasteiger partial charge in [0.2, 0.25) is 24.5 Å². The Kier molecular flexibility index (Phi) is 4.30. The number of likely N-dealkylation sites (N-methyl/N-ethyl adjacent to an activating group) is 1. The Balaban J connectivity index is 1.40. The lowest BCUT2D eigenvalue weighted by molar-refractivity contribution is -0.146. The maximum atomic E-state index is 12.6. The summed E-state index contributed by atoms with van der Waals surface area (Å²) < 4.78 is 10.6. The Bertz CT molecular complexity index is 738. The molecule has 1 aliphatic carbocycles. The standard InChI is InChI=1S/C19H22N2O5/c1-20(9-12-6-7-15-16(8-12)26-11-25-15)17(22)10-21-18(23)13-4-2-3-5-14(13)19(21)24/h6-8,13-14H,2-5,9-11H2,1H3/t13-,14-/m1/s1. The van der Waals surface area contributed by atoms with E-state index in [-0.39, 0.29) is 42.9 Å². The summed E-state index contributed by atoms with van der Waals surface area (Å²) in [6.07, 6.45) is 3.47. The summed E-state index contributed by atoms with van der Waals surface area (Å²) in [5.41, 5.74) is 0.901. The monoisotopic (exact) mass is 358 g/mol. The summed E-state index contributed by atoms with van der Waals surface area (Å²) >= 11 is 0. The Morgan fingerprint density at radius 3 is 2.46 bits per heavy atom. The minimum Gasteiger partial charge on any atom is -0.454 e. The van der Waals surface area contributed by atoms with Crippen molar-refractivity contribution in [3.05, 3.63) is 23.8 Å². The third kappa shape index (κ3) is 2.91. The molecule has 0 spiro atoms. The average molecular weight is 358 g/mol. The van der Waals surface area contributed by atoms with Crippen LogP contribution < -0.4 is 9.47 Å². The van der Waals surface area contributed by atoms with Gasteiger partial charge < -0.3 is 14.4 Å². The van der Waals surface area contributed by atoms with Crippen LogP contribution in [0.5, 0.6) is 11.5 Å². The van der Waals surface area contributed by atoms with E-state index in [1.807, 2.05) is 18.2 Å². The SMILES string of the molecule is CN(Cc1ccc2c(c1)OCO2)C(=O)CN1C(=O)[C@@H]2CCCC[C@H]2C1=O. The molecule has 7 nitrogen and oxygen atoms in total. The fourth-order valence-corrected chi connectivity index (χ4v) is 4.04.